The Morgan fingerprint density at radius 2 is 2.00 bits per heavy atom. The lowest BCUT2D eigenvalue weighted by molar-refractivity contribution is -0.118. The zero-order valence-corrected chi connectivity index (χ0v) is 15.4. The van der Waals surface area contributed by atoms with Crippen LogP contribution in [0.2, 0.25) is 0 Å². The lowest BCUT2D eigenvalue weighted by Gasteiger charge is -2.31. The van der Waals surface area contributed by atoms with Crippen LogP contribution in [-0.2, 0) is 11.3 Å². The van der Waals surface area contributed by atoms with E-state index in [2.05, 4.69) is 16.0 Å². The molecule has 1 atom stereocenters. The third kappa shape index (κ3) is 4.18. The van der Waals surface area contributed by atoms with Crippen molar-refractivity contribution in [2.24, 2.45) is 5.92 Å². The summed E-state index contributed by atoms with van der Waals surface area (Å²) in [7, 11) is 0. The van der Waals surface area contributed by atoms with Crippen LogP contribution < -0.4 is 16.0 Å². The van der Waals surface area contributed by atoms with Gasteiger partial charge in [0.15, 0.2) is 0 Å². The van der Waals surface area contributed by atoms with Crippen LogP contribution in [0.5, 0.6) is 0 Å². The summed E-state index contributed by atoms with van der Waals surface area (Å²) in [5.41, 5.74) is 1.69. The Hall–Kier alpha value is -2.08. The van der Waals surface area contributed by atoms with Gasteiger partial charge in [-0.1, -0.05) is 31.4 Å². The van der Waals surface area contributed by atoms with Crippen LogP contribution >= 0.6 is 11.6 Å². The minimum absolute atomic E-state index is 0.0995. The molecular formula is C19H24ClN3O3. The highest BCUT2D eigenvalue weighted by Gasteiger charge is 2.29. The normalized spacial score (nSPS) is 18.0. The molecule has 1 unspecified atom stereocenters. The van der Waals surface area contributed by atoms with Gasteiger partial charge in [-0.05, 0) is 30.4 Å². The van der Waals surface area contributed by atoms with E-state index in [4.69, 9.17) is 11.6 Å². The van der Waals surface area contributed by atoms with E-state index < -0.39 is 0 Å². The van der Waals surface area contributed by atoms with E-state index in [1.807, 2.05) is 6.07 Å². The maximum atomic E-state index is 12.9. The van der Waals surface area contributed by atoms with Crippen molar-refractivity contribution in [1.29, 1.82) is 0 Å². The lowest BCUT2D eigenvalue weighted by atomic mass is 9.83. The zero-order valence-electron chi connectivity index (χ0n) is 14.6. The molecule has 0 saturated heterocycles. The summed E-state index contributed by atoms with van der Waals surface area (Å²) in [5.74, 6) is -0.516. The molecule has 1 aliphatic heterocycles. The van der Waals surface area contributed by atoms with E-state index in [-0.39, 0.29) is 29.6 Å². The van der Waals surface area contributed by atoms with Crippen molar-refractivity contribution in [2.75, 3.05) is 12.4 Å². The minimum atomic E-state index is -0.269. The predicted molar refractivity (Wildman–Crippen MR) is 99.2 cm³/mol. The number of rotatable bonds is 6. The molecule has 1 fully saturated rings. The standard InChI is InChI=1S/C19H24ClN3O3/c20-9-16(24)21-11-15(12-5-2-1-3-6-12)23-18(25)14-8-4-7-13-10-22-19(26)17(13)14/h4,7-8,12,15H,1-3,5-6,9-11H2,(H,21,24)(H,22,26)(H,23,25). The molecule has 1 aromatic rings. The number of hydrogen-bond donors (Lipinski definition) is 3. The minimum Gasteiger partial charge on any atom is -0.353 e. The van der Waals surface area contributed by atoms with E-state index in [1.54, 1.807) is 12.1 Å². The first-order valence-electron chi connectivity index (χ1n) is 9.13. The van der Waals surface area contributed by atoms with Gasteiger partial charge in [0.25, 0.3) is 11.8 Å². The Bertz CT molecular complexity index is 701. The van der Waals surface area contributed by atoms with Gasteiger partial charge in [0.2, 0.25) is 5.91 Å². The van der Waals surface area contributed by atoms with Crippen LogP contribution in [0.1, 0.15) is 58.4 Å². The van der Waals surface area contributed by atoms with E-state index in [0.29, 0.717) is 30.1 Å². The number of alkyl halides is 1. The zero-order chi connectivity index (χ0) is 18.5. The van der Waals surface area contributed by atoms with E-state index in [9.17, 15) is 14.4 Å². The Morgan fingerprint density at radius 1 is 1.23 bits per heavy atom. The molecule has 0 aromatic heterocycles. The largest absolute Gasteiger partial charge is 0.353 e. The van der Waals surface area contributed by atoms with Crippen LogP contribution in [0.4, 0.5) is 0 Å². The van der Waals surface area contributed by atoms with Gasteiger partial charge in [-0.15, -0.1) is 11.6 Å². The molecule has 3 N–H and O–H groups in total. The highest BCUT2D eigenvalue weighted by atomic mass is 35.5. The summed E-state index contributed by atoms with van der Waals surface area (Å²) < 4.78 is 0. The summed E-state index contributed by atoms with van der Waals surface area (Å²) in [4.78, 5) is 36.5. The van der Waals surface area contributed by atoms with Crippen LogP contribution in [0.15, 0.2) is 18.2 Å². The molecule has 3 amide bonds. The molecule has 1 heterocycles. The first-order chi connectivity index (χ1) is 12.6. The quantitative estimate of drug-likeness (QED) is 0.662. The van der Waals surface area contributed by atoms with Gasteiger partial charge in [-0.2, -0.15) is 0 Å². The Balaban J connectivity index is 1.75. The number of amides is 3. The second-order valence-electron chi connectivity index (χ2n) is 6.94. The first kappa shape index (κ1) is 18.7. The number of carbonyl (C=O) groups excluding carboxylic acids is 3. The molecule has 3 rings (SSSR count). The molecule has 1 aliphatic carbocycles. The number of hydrogen-bond acceptors (Lipinski definition) is 3. The maximum Gasteiger partial charge on any atom is 0.252 e. The molecular weight excluding hydrogens is 354 g/mol. The summed E-state index contributed by atoms with van der Waals surface area (Å²) in [6.45, 7) is 0.802. The predicted octanol–water partition coefficient (Wildman–Crippen LogP) is 1.96. The summed E-state index contributed by atoms with van der Waals surface area (Å²) in [6, 6.07) is 5.15. The highest BCUT2D eigenvalue weighted by molar-refractivity contribution is 6.27. The third-order valence-electron chi connectivity index (χ3n) is 5.24. The van der Waals surface area contributed by atoms with Crippen molar-refractivity contribution in [1.82, 2.24) is 16.0 Å². The average Bonchev–Trinajstić information content (AvgIpc) is 3.06. The molecule has 1 aromatic carbocycles. The van der Waals surface area contributed by atoms with Gasteiger partial charge in [0, 0.05) is 19.1 Å². The first-order valence-corrected chi connectivity index (χ1v) is 9.67. The second kappa shape index (κ2) is 8.54. The molecule has 2 aliphatic rings. The van der Waals surface area contributed by atoms with Crippen molar-refractivity contribution in [3.05, 3.63) is 34.9 Å². The smallest absolute Gasteiger partial charge is 0.252 e. The third-order valence-corrected chi connectivity index (χ3v) is 5.48. The van der Waals surface area contributed by atoms with Crippen LogP contribution in [0.3, 0.4) is 0 Å². The van der Waals surface area contributed by atoms with Crippen LogP contribution in [-0.4, -0.2) is 36.2 Å². The van der Waals surface area contributed by atoms with Gasteiger partial charge in [-0.3, -0.25) is 14.4 Å². The molecule has 0 spiro atoms. The molecule has 7 heteroatoms. The topological polar surface area (TPSA) is 87.3 Å². The molecule has 0 radical (unpaired) electrons. The van der Waals surface area contributed by atoms with Gasteiger partial charge in [-0.25, -0.2) is 0 Å². The van der Waals surface area contributed by atoms with Gasteiger partial charge < -0.3 is 16.0 Å². The number of carbonyl (C=O) groups is 3. The number of nitrogens with one attached hydrogen (secondary N) is 3. The van der Waals surface area contributed by atoms with Crippen LogP contribution in [0.25, 0.3) is 0 Å². The van der Waals surface area contributed by atoms with E-state index in [1.165, 1.54) is 6.42 Å². The van der Waals surface area contributed by atoms with Crippen LogP contribution in [0, 0.1) is 5.92 Å². The van der Waals surface area contributed by atoms with Crippen molar-refractivity contribution in [2.45, 2.75) is 44.7 Å². The maximum absolute atomic E-state index is 12.9. The molecule has 6 nitrogen and oxygen atoms in total. The fraction of sp³-hybridized carbons (Fsp3) is 0.526. The second-order valence-corrected chi connectivity index (χ2v) is 7.21. The summed E-state index contributed by atoms with van der Waals surface area (Å²) in [5, 5.41) is 8.59. The van der Waals surface area contributed by atoms with E-state index >= 15 is 0 Å². The van der Waals surface area contributed by atoms with Gasteiger partial charge in [0.1, 0.15) is 5.88 Å². The van der Waals surface area contributed by atoms with Crippen molar-refractivity contribution in [3.63, 3.8) is 0 Å². The lowest BCUT2D eigenvalue weighted by Crippen LogP contribution is -2.49. The number of halogens is 1. The highest BCUT2D eigenvalue weighted by Crippen LogP contribution is 2.27. The number of fused-ring (bicyclic) bond motifs is 1. The van der Waals surface area contributed by atoms with Crippen molar-refractivity contribution >= 4 is 29.3 Å². The van der Waals surface area contributed by atoms with Gasteiger partial charge in [0.05, 0.1) is 11.1 Å². The summed E-state index contributed by atoms with van der Waals surface area (Å²) in [6.07, 6.45) is 5.51. The Kier molecular flexibility index (Phi) is 6.14. The van der Waals surface area contributed by atoms with Crippen molar-refractivity contribution < 1.29 is 14.4 Å². The summed E-state index contributed by atoms with van der Waals surface area (Å²) >= 11 is 5.56. The van der Waals surface area contributed by atoms with Crippen molar-refractivity contribution in [3.8, 4) is 0 Å². The average molecular weight is 378 g/mol. The Morgan fingerprint density at radius 3 is 2.73 bits per heavy atom. The molecule has 140 valence electrons. The molecule has 1 saturated carbocycles. The fourth-order valence-electron chi connectivity index (χ4n) is 3.86. The monoisotopic (exact) mass is 377 g/mol. The Labute approximate surface area is 158 Å². The molecule has 0 bridgehead atoms. The van der Waals surface area contributed by atoms with Gasteiger partial charge >= 0.3 is 0 Å². The number of benzene rings is 1. The SMILES string of the molecule is O=C(CCl)NCC(NC(=O)c1cccc2c1C(=O)NC2)C1CCCCC1. The fourth-order valence-corrected chi connectivity index (χ4v) is 3.95. The molecule has 26 heavy (non-hydrogen) atoms. The van der Waals surface area contributed by atoms with E-state index in [0.717, 1.165) is 31.2 Å².